The molecule has 1 heterocycles. The second-order valence-corrected chi connectivity index (χ2v) is 4.72. The maximum Gasteiger partial charge on any atom is 0.227 e. The van der Waals surface area contributed by atoms with Gasteiger partial charge in [-0.3, -0.25) is 0 Å². The van der Waals surface area contributed by atoms with Crippen molar-refractivity contribution < 1.29 is 4.52 Å². The fraction of sp³-hybridized carbons (Fsp3) is 0.833. The van der Waals surface area contributed by atoms with Crippen LogP contribution in [-0.2, 0) is 6.42 Å². The van der Waals surface area contributed by atoms with E-state index in [0.29, 0.717) is 6.04 Å². The molecule has 1 N–H and O–H groups in total. The Kier molecular flexibility index (Phi) is 3.93. The van der Waals surface area contributed by atoms with Crippen molar-refractivity contribution in [2.24, 2.45) is 5.92 Å². The molecule has 2 atom stereocenters. The topological polar surface area (TPSA) is 51.0 Å². The Morgan fingerprint density at radius 2 is 2.31 bits per heavy atom. The third-order valence-electron chi connectivity index (χ3n) is 3.46. The molecule has 0 aromatic carbocycles. The smallest absolute Gasteiger partial charge is 0.227 e. The van der Waals surface area contributed by atoms with Crippen molar-refractivity contribution in [3.63, 3.8) is 0 Å². The summed E-state index contributed by atoms with van der Waals surface area (Å²) in [6.07, 6.45) is 6.20. The molecule has 0 amide bonds. The van der Waals surface area contributed by atoms with Gasteiger partial charge in [0.05, 0.1) is 0 Å². The lowest BCUT2D eigenvalue weighted by Gasteiger charge is -2.11. The lowest BCUT2D eigenvalue weighted by molar-refractivity contribution is 0.368. The van der Waals surface area contributed by atoms with Gasteiger partial charge in [-0.2, -0.15) is 4.98 Å². The van der Waals surface area contributed by atoms with Gasteiger partial charge in [0.15, 0.2) is 5.82 Å². The van der Waals surface area contributed by atoms with Crippen LogP contribution >= 0.6 is 0 Å². The van der Waals surface area contributed by atoms with Crippen LogP contribution in [0.5, 0.6) is 0 Å². The molecule has 1 aromatic rings. The molecule has 2 unspecified atom stereocenters. The van der Waals surface area contributed by atoms with Gasteiger partial charge in [0.2, 0.25) is 5.89 Å². The van der Waals surface area contributed by atoms with Crippen molar-refractivity contribution in [3.05, 3.63) is 11.7 Å². The van der Waals surface area contributed by atoms with Gasteiger partial charge in [-0.1, -0.05) is 18.5 Å². The SMILES string of the molecule is CCC1CCC(NCCc2nc(C)no2)C1. The highest BCUT2D eigenvalue weighted by molar-refractivity contribution is 4.85. The normalized spacial score (nSPS) is 25.1. The minimum absolute atomic E-state index is 0.703. The molecule has 2 rings (SSSR count). The Morgan fingerprint density at radius 1 is 1.44 bits per heavy atom. The molecule has 4 heteroatoms. The Balaban J connectivity index is 1.65. The molecule has 1 aliphatic carbocycles. The van der Waals surface area contributed by atoms with Crippen LogP contribution in [0.2, 0.25) is 0 Å². The van der Waals surface area contributed by atoms with Crippen LogP contribution in [0.25, 0.3) is 0 Å². The maximum absolute atomic E-state index is 5.07. The van der Waals surface area contributed by atoms with Crippen LogP contribution in [-0.4, -0.2) is 22.7 Å². The van der Waals surface area contributed by atoms with E-state index in [1.807, 2.05) is 6.92 Å². The molecular weight excluding hydrogens is 202 g/mol. The van der Waals surface area contributed by atoms with Crippen molar-refractivity contribution >= 4 is 0 Å². The summed E-state index contributed by atoms with van der Waals surface area (Å²) in [5.41, 5.74) is 0. The summed E-state index contributed by atoms with van der Waals surface area (Å²) in [5, 5.41) is 7.35. The number of aryl methyl sites for hydroxylation is 1. The molecule has 90 valence electrons. The fourth-order valence-electron chi connectivity index (χ4n) is 2.46. The van der Waals surface area contributed by atoms with Crippen molar-refractivity contribution in [2.75, 3.05) is 6.54 Å². The average Bonchev–Trinajstić information content (AvgIpc) is 2.88. The number of rotatable bonds is 5. The number of hydrogen-bond donors (Lipinski definition) is 1. The minimum Gasteiger partial charge on any atom is -0.339 e. The Bertz CT molecular complexity index is 324. The second kappa shape index (κ2) is 5.43. The van der Waals surface area contributed by atoms with Gasteiger partial charge in [-0.05, 0) is 32.1 Å². The van der Waals surface area contributed by atoms with Crippen molar-refractivity contribution in [3.8, 4) is 0 Å². The third kappa shape index (κ3) is 3.04. The van der Waals surface area contributed by atoms with Crippen molar-refractivity contribution in [1.29, 1.82) is 0 Å². The summed E-state index contributed by atoms with van der Waals surface area (Å²) in [7, 11) is 0. The molecular formula is C12H21N3O. The first-order valence-electron chi connectivity index (χ1n) is 6.30. The van der Waals surface area contributed by atoms with Crippen LogP contribution in [0, 0.1) is 12.8 Å². The molecule has 0 saturated heterocycles. The van der Waals surface area contributed by atoms with Crippen LogP contribution in [0.1, 0.15) is 44.3 Å². The number of hydrogen-bond acceptors (Lipinski definition) is 4. The van der Waals surface area contributed by atoms with E-state index in [4.69, 9.17) is 4.52 Å². The van der Waals surface area contributed by atoms with Gasteiger partial charge in [0, 0.05) is 19.0 Å². The van der Waals surface area contributed by atoms with Gasteiger partial charge in [-0.15, -0.1) is 0 Å². The molecule has 0 bridgehead atoms. The van der Waals surface area contributed by atoms with E-state index in [1.165, 1.54) is 25.7 Å². The zero-order valence-corrected chi connectivity index (χ0v) is 10.2. The Hall–Kier alpha value is -0.900. The summed E-state index contributed by atoms with van der Waals surface area (Å²) in [6, 6.07) is 0.703. The molecule has 4 nitrogen and oxygen atoms in total. The van der Waals surface area contributed by atoms with E-state index < -0.39 is 0 Å². The van der Waals surface area contributed by atoms with E-state index in [1.54, 1.807) is 0 Å². The lowest BCUT2D eigenvalue weighted by atomic mass is 10.1. The summed E-state index contributed by atoms with van der Waals surface area (Å²) in [6.45, 7) is 5.08. The lowest BCUT2D eigenvalue weighted by Crippen LogP contribution is -2.28. The predicted molar refractivity (Wildman–Crippen MR) is 62.2 cm³/mol. The standard InChI is InChI=1S/C12H21N3O/c1-3-10-4-5-11(8-10)13-7-6-12-14-9(2)15-16-12/h10-11,13H,3-8H2,1-2H3. The molecule has 1 aliphatic rings. The van der Waals surface area contributed by atoms with Gasteiger partial charge in [0.25, 0.3) is 0 Å². The predicted octanol–water partition coefficient (Wildman–Crippen LogP) is 2.09. The average molecular weight is 223 g/mol. The second-order valence-electron chi connectivity index (χ2n) is 4.72. The van der Waals surface area contributed by atoms with Crippen LogP contribution in [0.4, 0.5) is 0 Å². The highest BCUT2D eigenvalue weighted by atomic mass is 16.5. The minimum atomic E-state index is 0.703. The number of nitrogens with zero attached hydrogens (tertiary/aromatic N) is 2. The zero-order chi connectivity index (χ0) is 11.4. The molecule has 1 saturated carbocycles. The van der Waals surface area contributed by atoms with Crippen LogP contribution < -0.4 is 5.32 Å². The molecule has 0 radical (unpaired) electrons. The third-order valence-corrected chi connectivity index (χ3v) is 3.46. The molecule has 1 fully saturated rings. The highest BCUT2D eigenvalue weighted by Gasteiger charge is 2.22. The van der Waals surface area contributed by atoms with Gasteiger partial charge >= 0.3 is 0 Å². The van der Waals surface area contributed by atoms with E-state index in [2.05, 4.69) is 22.4 Å². The molecule has 0 spiro atoms. The monoisotopic (exact) mass is 223 g/mol. The Morgan fingerprint density at radius 3 is 2.94 bits per heavy atom. The van der Waals surface area contributed by atoms with E-state index in [9.17, 15) is 0 Å². The summed E-state index contributed by atoms with van der Waals surface area (Å²) in [5.74, 6) is 2.40. The van der Waals surface area contributed by atoms with Gasteiger partial charge in [-0.25, -0.2) is 0 Å². The number of aromatic nitrogens is 2. The van der Waals surface area contributed by atoms with Crippen LogP contribution in [0.15, 0.2) is 4.52 Å². The number of nitrogens with one attached hydrogen (secondary N) is 1. The molecule has 0 aliphatic heterocycles. The zero-order valence-electron chi connectivity index (χ0n) is 10.2. The Labute approximate surface area is 96.8 Å². The highest BCUT2D eigenvalue weighted by Crippen LogP contribution is 2.27. The molecule has 16 heavy (non-hydrogen) atoms. The fourth-order valence-corrected chi connectivity index (χ4v) is 2.46. The van der Waals surface area contributed by atoms with Gasteiger partial charge in [0.1, 0.15) is 0 Å². The summed E-state index contributed by atoms with van der Waals surface area (Å²) < 4.78 is 5.07. The summed E-state index contributed by atoms with van der Waals surface area (Å²) >= 11 is 0. The van der Waals surface area contributed by atoms with E-state index in [0.717, 1.165) is 30.6 Å². The van der Waals surface area contributed by atoms with Crippen molar-refractivity contribution in [2.45, 2.75) is 52.0 Å². The van der Waals surface area contributed by atoms with Crippen LogP contribution in [0.3, 0.4) is 0 Å². The van der Waals surface area contributed by atoms with E-state index >= 15 is 0 Å². The quantitative estimate of drug-likeness (QED) is 0.830. The molecule has 1 aromatic heterocycles. The maximum atomic E-state index is 5.07. The van der Waals surface area contributed by atoms with Gasteiger partial charge < -0.3 is 9.84 Å². The van der Waals surface area contributed by atoms with E-state index in [-0.39, 0.29) is 0 Å². The van der Waals surface area contributed by atoms with Crippen molar-refractivity contribution in [1.82, 2.24) is 15.5 Å². The first-order valence-corrected chi connectivity index (χ1v) is 6.30. The first kappa shape index (κ1) is 11.6. The largest absolute Gasteiger partial charge is 0.339 e. The summed E-state index contributed by atoms with van der Waals surface area (Å²) in [4.78, 5) is 4.19. The first-order chi connectivity index (χ1) is 7.78.